The minimum atomic E-state index is -0.946. The minimum Gasteiger partial charge on any atom is -0.489 e. The van der Waals surface area contributed by atoms with Crippen LogP contribution in [0.5, 0.6) is 34.5 Å². The number of ether oxygens (including phenoxy) is 9. The van der Waals surface area contributed by atoms with Crippen molar-refractivity contribution in [3.8, 4) is 45.6 Å². The van der Waals surface area contributed by atoms with E-state index in [9.17, 15) is 14.4 Å². The van der Waals surface area contributed by atoms with Gasteiger partial charge in [0.25, 0.3) is 0 Å². The van der Waals surface area contributed by atoms with Crippen LogP contribution < -0.4 is 28.4 Å². The third-order valence-corrected chi connectivity index (χ3v) is 26.7. The molecule has 6 aromatic rings. The average Bonchev–Trinajstić information content (AvgIpc) is 1.27. The zero-order valence-corrected chi connectivity index (χ0v) is 53.7. The molecule has 91 heavy (non-hydrogen) atoms. The molecule has 0 radical (unpaired) electrons. The van der Waals surface area contributed by atoms with Gasteiger partial charge in [-0.05, 0) is 318 Å². The Bertz CT molecular complexity index is 3440. The summed E-state index contributed by atoms with van der Waals surface area (Å²) in [6.45, 7) is 7.26. The number of carbonyl (C=O) groups is 3. The first kappa shape index (κ1) is 58.9. The second-order valence-corrected chi connectivity index (χ2v) is 31.9. The van der Waals surface area contributed by atoms with Gasteiger partial charge in [-0.1, -0.05) is 36.4 Å². The molecular formula is C78H86O12S. The molecule has 1 heterocycles. The van der Waals surface area contributed by atoms with Crippen molar-refractivity contribution in [1.82, 2.24) is 0 Å². The van der Waals surface area contributed by atoms with Gasteiger partial charge in [0.1, 0.15) is 71.1 Å². The van der Waals surface area contributed by atoms with E-state index in [-0.39, 0.29) is 54.5 Å². The molecule has 476 valence electrons. The highest BCUT2D eigenvalue weighted by Crippen LogP contribution is 2.65. The van der Waals surface area contributed by atoms with Gasteiger partial charge >= 0.3 is 17.9 Å². The molecule has 0 amide bonds. The van der Waals surface area contributed by atoms with Gasteiger partial charge in [0.2, 0.25) is 0 Å². The molecule has 6 aromatic carbocycles. The van der Waals surface area contributed by atoms with E-state index in [1.165, 1.54) is 111 Å². The Hall–Kier alpha value is -7.12. The molecule has 0 aromatic heterocycles. The van der Waals surface area contributed by atoms with Crippen LogP contribution in [0.1, 0.15) is 134 Å². The minimum absolute atomic E-state index is 0.101. The van der Waals surface area contributed by atoms with E-state index >= 15 is 0 Å². The fourth-order valence-electron chi connectivity index (χ4n) is 19.8. The lowest BCUT2D eigenvalue weighted by atomic mass is 9.50. The number of fused-ring (bicyclic) bond motifs is 3. The lowest BCUT2D eigenvalue weighted by Gasteiger charge is -2.59. The maximum Gasteiger partial charge on any atom is 0.344 e. The van der Waals surface area contributed by atoms with Crippen LogP contribution in [-0.4, -0.2) is 54.5 Å². The summed E-state index contributed by atoms with van der Waals surface area (Å²) in [4.78, 5) is 43.2. The fourth-order valence-corrected chi connectivity index (χ4v) is 22.3. The molecule has 19 rings (SSSR count). The van der Waals surface area contributed by atoms with Crippen molar-refractivity contribution in [1.29, 1.82) is 0 Å². The van der Waals surface area contributed by atoms with Crippen LogP contribution in [0, 0.1) is 71.0 Å². The number of esters is 3. The Kier molecular flexibility index (Phi) is 15.4. The Balaban J connectivity index is 0.556. The van der Waals surface area contributed by atoms with E-state index in [2.05, 4.69) is 81.4 Å². The first-order valence-corrected chi connectivity index (χ1v) is 35.4. The van der Waals surface area contributed by atoms with Gasteiger partial charge in [-0.2, -0.15) is 10.9 Å². The van der Waals surface area contributed by atoms with Gasteiger partial charge in [0.05, 0.1) is 0 Å². The van der Waals surface area contributed by atoms with E-state index in [0.717, 1.165) is 80.6 Å². The maximum atomic E-state index is 13.2. The van der Waals surface area contributed by atoms with Crippen molar-refractivity contribution in [3.05, 3.63) is 150 Å². The Morgan fingerprint density at radius 2 is 0.582 bits per heavy atom. The summed E-state index contributed by atoms with van der Waals surface area (Å²) in [5.41, 5.74) is 4.00. The molecule has 0 spiro atoms. The summed E-state index contributed by atoms with van der Waals surface area (Å²) in [5, 5.41) is 0. The number of hydrogen-bond acceptors (Lipinski definition) is 12. The molecule has 12 bridgehead atoms. The Morgan fingerprint density at radius 1 is 0.330 bits per heavy atom. The second-order valence-electron chi connectivity index (χ2n) is 29.7. The molecule has 0 atom stereocenters. The summed E-state index contributed by atoms with van der Waals surface area (Å²) < 4.78 is 56.0. The van der Waals surface area contributed by atoms with Crippen molar-refractivity contribution in [3.63, 3.8) is 0 Å². The number of hydrogen-bond donors (Lipinski definition) is 1. The molecule has 0 N–H and O–H groups in total. The first-order chi connectivity index (χ1) is 44.2. The molecule has 12 aliphatic carbocycles. The van der Waals surface area contributed by atoms with Gasteiger partial charge in [-0.3, -0.25) is 0 Å². The van der Waals surface area contributed by atoms with Crippen LogP contribution in [0.3, 0.4) is 0 Å². The molecule has 0 unspecified atom stereocenters. The van der Waals surface area contributed by atoms with Gasteiger partial charge in [0.15, 0.2) is 19.8 Å². The van der Waals surface area contributed by atoms with Crippen molar-refractivity contribution in [2.45, 2.75) is 168 Å². The predicted molar refractivity (Wildman–Crippen MR) is 346 cm³/mol. The summed E-state index contributed by atoms with van der Waals surface area (Å²) >= 11 is 0. The molecule has 13 aliphatic rings. The highest BCUT2D eigenvalue weighted by molar-refractivity contribution is 8.17. The summed E-state index contributed by atoms with van der Waals surface area (Å²) in [7, 11) is -0.946. The van der Waals surface area contributed by atoms with E-state index in [1.807, 2.05) is 72.8 Å². The van der Waals surface area contributed by atoms with Crippen molar-refractivity contribution in [2.24, 2.45) is 71.0 Å². The normalized spacial score (nSPS) is 33.2. The lowest BCUT2D eigenvalue weighted by molar-refractivity contribution is -0.205. The predicted octanol–water partition coefficient (Wildman–Crippen LogP) is 16.3. The third-order valence-electron chi connectivity index (χ3n) is 24.1. The van der Waals surface area contributed by atoms with Crippen LogP contribution >= 0.6 is 10.9 Å². The van der Waals surface area contributed by atoms with Crippen molar-refractivity contribution < 1.29 is 57.0 Å². The van der Waals surface area contributed by atoms with E-state index in [1.54, 1.807) is 0 Å². The molecule has 12 nitrogen and oxygen atoms in total. The number of thiol groups is 1. The number of rotatable bonds is 22. The largest absolute Gasteiger partial charge is 0.489 e. The fraction of sp³-hybridized carbons (Fsp3) is 0.500. The lowest BCUT2D eigenvalue weighted by Crippen LogP contribution is -2.58. The summed E-state index contributed by atoms with van der Waals surface area (Å²) in [5.74, 6) is 10.9. The van der Waals surface area contributed by atoms with Gasteiger partial charge in [-0.15, -0.1) is 0 Å². The topological polar surface area (TPSA) is 134 Å². The quantitative estimate of drug-likeness (QED) is 0.0393. The maximum absolute atomic E-state index is 13.2. The van der Waals surface area contributed by atoms with Gasteiger partial charge < -0.3 is 42.6 Å². The van der Waals surface area contributed by atoms with Crippen LogP contribution in [0.4, 0.5) is 0 Å². The molecule has 13 heteroatoms. The SMILES string of the molecule is CC1(OC(=O)COc2ccc(COc3ccc([SH]4c5ccc(OCc6ccc(OCC(=O)OC7(C)C8CC9CC(C8)CC7C9)cc6)cc5-c5cc(OCc6ccc(OCC(=O)OC7(C)C8CC9CC(C8)CC7C9)cc6)ccc54)cc3)cc2)C2CC3CC(C2)CC1C3. The zero-order valence-electron chi connectivity index (χ0n) is 52.8. The van der Waals surface area contributed by atoms with Gasteiger partial charge in [-0.25, -0.2) is 14.4 Å². The number of benzene rings is 6. The summed E-state index contributed by atoms with van der Waals surface area (Å²) in [6, 6.07) is 44.5. The zero-order chi connectivity index (χ0) is 61.6. The standard InChI is InChI=1S/C78H86O12S/c1-76(56-27-50-24-51(29-56)30-57(76)28-50)88-73(79)44-85-62-10-4-47(5-11-62)41-82-65-16-20-68(21-17-65)91-71-22-18-66(83-42-48-6-12-63(13-7-48)86-45-74(80)89-77(2)58-31-52-25-53(33-58)34-59(77)32-52)39-69(71)70-40-67(19-23-72(70)91)84-43-49-8-14-64(15-9-49)87-46-75(81)90-78(3)60-35-54-26-55(37-60)38-61(78)36-54/h4-23,39-40,50-61,91H,24-38,41-46H2,1-3H3. The molecular weight excluding hydrogens is 1160 g/mol. The highest BCUT2D eigenvalue weighted by atomic mass is 32.2. The second kappa shape index (κ2) is 23.8. The highest BCUT2D eigenvalue weighted by Gasteiger charge is 2.59. The molecule has 0 saturated heterocycles. The Morgan fingerprint density at radius 3 is 0.879 bits per heavy atom. The smallest absolute Gasteiger partial charge is 0.344 e. The van der Waals surface area contributed by atoms with Crippen LogP contribution in [0.2, 0.25) is 0 Å². The van der Waals surface area contributed by atoms with E-state index in [0.29, 0.717) is 72.6 Å². The van der Waals surface area contributed by atoms with E-state index < -0.39 is 10.9 Å². The van der Waals surface area contributed by atoms with Crippen LogP contribution in [0.25, 0.3) is 11.1 Å². The summed E-state index contributed by atoms with van der Waals surface area (Å²) in [6.07, 6.45) is 18.3. The van der Waals surface area contributed by atoms with Crippen LogP contribution in [-0.2, 0) is 48.4 Å². The first-order valence-electron chi connectivity index (χ1n) is 34.1. The van der Waals surface area contributed by atoms with Gasteiger partial charge in [0, 0.05) is 9.79 Å². The molecule has 12 saturated carbocycles. The van der Waals surface area contributed by atoms with Crippen molar-refractivity contribution in [2.75, 3.05) is 19.8 Å². The third kappa shape index (κ3) is 11.6. The van der Waals surface area contributed by atoms with Crippen LogP contribution in [0.15, 0.2) is 148 Å². The number of carbonyl (C=O) groups excluding carboxylic acids is 3. The van der Waals surface area contributed by atoms with E-state index in [4.69, 9.17) is 42.6 Å². The average molecular weight is 1250 g/mol. The monoisotopic (exact) mass is 1250 g/mol. The van der Waals surface area contributed by atoms with Crippen molar-refractivity contribution >= 4 is 28.8 Å². The molecule has 1 aliphatic heterocycles. The Labute approximate surface area is 538 Å². The molecule has 12 fully saturated rings.